The Morgan fingerprint density at radius 2 is 1.63 bits per heavy atom. The van der Waals surface area contributed by atoms with E-state index in [-0.39, 0.29) is 16.8 Å². The van der Waals surface area contributed by atoms with Gasteiger partial charge in [0.25, 0.3) is 0 Å². The van der Waals surface area contributed by atoms with E-state index in [0.29, 0.717) is 0 Å². The zero-order valence-electron chi connectivity index (χ0n) is 17.4. The quantitative estimate of drug-likeness (QED) is 0.728. The average molecular weight is 367 g/mol. The van der Waals surface area contributed by atoms with Gasteiger partial charge in [-0.25, -0.2) is 4.79 Å². The minimum atomic E-state index is -0.518. The molecule has 144 valence electrons. The molecule has 0 fully saturated rings. The third-order valence-electron chi connectivity index (χ3n) is 5.09. The maximum absolute atomic E-state index is 12.8. The molecular formula is C23H30N2O2. The van der Waals surface area contributed by atoms with Gasteiger partial charge in [0, 0.05) is 5.56 Å². The van der Waals surface area contributed by atoms with E-state index in [1.807, 2.05) is 35.3 Å². The van der Waals surface area contributed by atoms with Crippen molar-refractivity contribution in [3.8, 4) is 0 Å². The van der Waals surface area contributed by atoms with Crippen molar-refractivity contribution in [2.24, 2.45) is 0 Å². The Morgan fingerprint density at radius 1 is 1.00 bits per heavy atom. The second kappa shape index (κ2) is 6.59. The molecule has 2 aromatic rings. The lowest BCUT2D eigenvalue weighted by molar-refractivity contribution is -0.142. The van der Waals surface area contributed by atoms with Crippen LogP contribution >= 0.6 is 0 Å². The summed E-state index contributed by atoms with van der Waals surface area (Å²) >= 11 is 0. The van der Waals surface area contributed by atoms with Gasteiger partial charge in [0.15, 0.2) is 6.04 Å². The standard InChI is InChI=1S/C23H30N2O2/c1-22(2,3)15-13-17(23(4,5)6)19-18(14-15)24-25(20(19)21(26)27-7)16-11-9-8-10-12-16/h8-14,20,24H,1-7H3. The van der Waals surface area contributed by atoms with Gasteiger partial charge in [0.1, 0.15) is 0 Å². The fourth-order valence-corrected chi connectivity index (χ4v) is 3.55. The highest BCUT2D eigenvalue weighted by atomic mass is 16.5. The summed E-state index contributed by atoms with van der Waals surface area (Å²) in [6.07, 6.45) is 0. The molecule has 0 saturated heterocycles. The predicted molar refractivity (Wildman–Crippen MR) is 111 cm³/mol. The first-order valence-electron chi connectivity index (χ1n) is 9.41. The SMILES string of the molecule is COC(=O)C1c2c(cc(C(C)(C)C)cc2C(C)(C)C)NN1c1ccccc1. The summed E-state index contributed by atoms with van der Waals surface area (Å²) in [6.45, 7) is 13.2. The van der Waals surface area contributed by atoms with Crippen LogP contribution in [0, 0.1) is 0 Å². The fourth-order valence-electron chi connectivity index (χ4n) is 3.55. The normalized spacial score (nSPS) is 16.7. The number of esters is 1. The molecule has 1 N–H and O–H groups in total. The number of anilines is 2. The Labute approximate surface area is 162 Å². The van der Waals surface area contributed by atoms with Crippen LogP contribution in [0.15, 0.2) is 42.5 Å². The monoisotopic (exact) mass is 366 g/mol. The van der Waals surface area contributed by atoms with Crippen LogP contribution in [-0.4, -0.2) is 13.1 Å². The van der Waals surface area contributed by atoms with E-state index in [1.165, 1.54) is 18.2 Å². The molecule has 1 unspecified atom stereocenters. The Kier molecular flexibility index (Phi) is 4.71. The van der Waals surface area contributed by atoms with Gasteiger partial charge >= 0.3 is 5.97 Å². The molecule has 4 nitrogen and oxygen atoms in total. The molecule has 1 heterocycles. The number of benzene rings is 2. The highest BCUT2D eigenvalue weighted by molar-refractivity contribution is 5.89. The molecule has 0 amide bonds. The number of methoxy groups -OCH3 is 1. The molecular weight excluding hydrogens is 336 g/mol. The number of nitrogens with zero attached hydrogens (tertiary/aromatic N) is 1. The van der Waals surface area contributed by atoms with Crippen LogP contribution in [0.4, 0.5) is 11.4 Å². The molecule has 4 heteroatoms. The van der Waals surface area contributed by atoms with Crippen molar-refractivity contribution < 1.29 is 9.53 Å². The van der Waals surface area contributed by atoms with Gasteiger partial charge < -0.3 is 4.74 Å². The van der Waals surface area contributed by atoms with Crippen molar-refractivity contribution in [2.45, 2.75) is 58.4 Å². The third-order valence-corrected chi connectivity index (χ3v) is 5.09. The first-order valence-corrected chi connectivity index (χ1v) is 9.41. The molecule has 0 aliphatic carbocycles. The van der Waals surface area contributed by atoms with Gasteiger partial charge in [-0.3, -0.25) is 10.4 Å². The number of fused-ring (bicyclic) bond motifs is 1. The number of para-hydroxylation sites is 1. The summed E-state index contributed by atoms with van der Waals surface area (Å²) in [5, 5.41) is 1.91. The minimum absolute atomic E-state index is 0.0115. The van der Waals surface area contributed by atoms with Gasteiger partial charge in [0.05, 0.1) is 18.5 Å². The second-order valence-electron chi connectivity index (χ2n) is 9.23. The summed E-state index contributed by atoms with van der Waals surface area (Å²) in [6, 6.07) is 13.8. The smallest absolute Gasteiger partial charge is 0.335 e. The maximum Gasteiger partial charge on any atom is 0.335 e. The van der Waals surface area contributed by atoms with Crippen LogP contribution in [0.5, 0.6) is 0 Å². The number of hydrogen-bond acceptors (Lipinski definition) is 4. The van der Waals surface area contributed by atoms with Crippen LogP contribution in [0.25, 0.3) is 0 Å². The highest BCUT2D eigenvalue weighted by Gasteiger charge is 2.41. The van der Waals surface area contributed by atoms with E-state index >= 15 is 0 Å². The van der Waals surface area contributed by atoms with Crippen molar-refractivity contribution in [3.05, 3.63) is 59.2 Å². The van der Waals surface area contributed by atoms with Crippen molar-refractivity contribution in [3.63, 3.8) is 0 Å². The van der Waals surface area contributed by atoms with E-state index < -0.39 is 6.04 Å². The van der Waals surface area contributed by atoms with Crippen molar-refractivity contribution >= 4 is 17.3 Å². The molecule has 27 heavy (non-hydrogen) atoms. The minimum Gasteiger partial charge on any atom is -0.467 e. The lowest BCUT2D eigenvalue weighted by Gasteiger charge is -2.29. The summed E-state index contributed by atoms with van der Waals surface area (Å²) in [5.41, 5.74) is 8.72. The number of rotatable bonds is 2. The Balaban J connectivity index is 2.25. The van der Waals surface area contributed by atoms with Crippen LogP contribution in [-0.2, 0) is 20.4 Å². The van der Waals surface area contributed by atoms with Crippen LogP contribution in [0.3, 0.4) is 0 Å². The highest BCUT2D eigenvalue weighted by Crippen LogP contribution is 2.46. The lowest BCUT2D eigenvalue weighted by atomic mass is 9.76. The number of hydrazine groups is 1. The molecule has 0 spiro atoms. The number of carbonyl (C=O) groups excluding carboxylic acids is 1. The summed E-state index contributed by atoms with van der Waals surface area (Å²) in [7, 11) is 1.45. The van der Waals surface area contributed by atoms with Crippen molar-refractivity contribution in [2.75, 3.05) is 17.5 Å². The maximum atomic E-state index is 12.8. The average Bonchev–Trinajstić information content (AvgIpc) is 2.98. The Bertz CT molecular complexity index is 845. The molecule has 0 saturated carbocycles. The molecule has 2 aromatic carbocycles. The first kappa shape index (κ1) is 19.3. The van der Waals surface area contributed by atoms with Gasteiger partial charge in [-0.05, 0) is 40.2 Å². The molecule has 1 aliphatic rings. The van der Waals surface area contributed by atoms with Gasteiger partial charge in [-0.2, -0.15) is 0 Å². The van der Waals surface area contributed by atoms with Gasteiger partial charge in [-0.1, -0.05) is 65.8 Å². The molecule has 0 bridgehead atoms. The number of carbonyl (C=O) groups is 1. The van der Waals surface area contributed by atoms with Crippen molar-refractivity contribution in [1.82, 2.24) is 0 Å². The fraction of sp³-hybridized carbons (Fsp3) is 0.435. The van der Waals surface area contributed by atoms with E-state index in [9.17, 15) is 4.79 Å². The molecule has 0 radical (unpaired) electrons. The van der Waals surface area contributed by atoms with E-state index in [4.69, 9.17) is 4.74 Å². The largest absolute Gasteiger partial charge is 0.467 e. The zero-order chi connectivity index (χ0) is 20.0. The van der Waals surface area contributed by atoms with Gasteiger partial charge in [-0.15, -0.1) is 0 Å². The van der Waals surface area contributed by atoms with E-state index in [2.05, 4.69) is 59.1 Å². The zero-order valence-corrected chi connectivity index (χ0v) is 17.4. The first-order chi connectivity index (χ1) is 12.5. The van der Waals surface area contributed by atoms with Gasteiger partial charge in [0.2, 0.25) is 0 Å². The molecule has 1 aliphatic heterocycles. The molecule has 1 atom stereocenters. The van der Waals surface area contributed by atoms with Crippen molar-refractivity contribution in [1.29, 1.82) is 0 Å². The second-order valence-corrected chi connectivity index (χ2v) is 9.23. The summed E-state index contributed by atoms with van der Waals surface area (Å²) in [4.78, 5) is 12.8. The Morgan fingerprint density at radius 3 is 2.15 bits per heavy atom. The van der Waals surface area contributed by atoms with E-state index in [1.54, 1.807) is 0 Å². The third kappa shape index (κ3) is 3.53. The number of nitrogens with one attached hydrogen (secondary N) is 1. The van der Waals surface area contributed by atoms with Crippen LogP contribution in [0.2, 0.25) is 0 Å². The topological polar surface area (TPSA) is 41.6 Å². The lowest BCUT2D eigenvalue weighted by Crippen LogP contribution is -2.34. The predicted octanol–water partition coefficient (Wildman–Crippen LogP) is 5.34. The number of hydrogen-bond donors (Lipinski definition) is 1. The number of ether oxygens (including phenoxy) is 1. The van der Waals surface area contributed by atoms with E-state index in [0.717, 1.165) is 16.9 Å². The van der Waals surface area contributed by atoms with Crippen LogP contribution < -0.4 is 10.4 Å². The molecule has 0 aromatic heterocycles. The summed E-state index contributed by atoms with van der Waals surface area (Å²) in [5.74, 6) is -0.265. The van der Waals surface area contributed by atoms with Crippen LogP contribution in [0.1, 0.15) is 64.3 Å². The molecule has 3 rings (SSSR count). The summed E-state index contributed by atoms with van der Waals surface area (Å²) < 4.78 is 5.19. The Hall–Kier alpha value is -2.49.